The maximum absolute atomic E-state index is 6.42. The molecule has 46 heavy (non-hydrogen) atoms. The van der Waals surface area contributed by atoms with Crippen molar-refractivity contribution in [3.8, 4) is 39.5 Å². The van der Waals surface area contributed by atoms with Crippen molar-refractivity contribution in [2.75, 3.05) is 0 Å². The highest BCUT2D eigenvalue weighted by Gasteiger charge is 2.26. The lowest BCUT2D eigenvalue weighted by atomic mass is 9.98. The van der Waals surface area contributed by atoms with Crippen LogP contribution in [0.3, 0.4) is 0 Å². The minimum Gasteiger partial charge on any atom is -0.456 e. The number of para-hydroxylation sites is 1. The first kappa shape index (κ1) is 24.1. The van der Waals surface area contributed by atoms with E-state index in [2.05, 4.69) is 138 Å². The van der Waals surface area contributed by atoms with Gasteiger partial charge < -0.3 is 4.42 Å². The molecule has 0 spiro atoms. The van der Waals surface area contributed by atoms with E-state index in [1.165, 1.54) is 54.6 Å². The quantitative estimate of drug-likeness (QED) is 0.207. The van der Waals surface area contributed by atoms with E-state index in [1.807, 2.05) is 6.07 Å². The van der Waals surface area contributed by atoms with Crippen LogP contribution in [0.1, 0.15) is 0 Å². The minimum atomic E-state index is 0.663. The molecule has 0 radical (unpaired) electrons. The maximum atomic E-state index is 6.42. The highest BCUT2D eigenvalue weighted by molar-refractivity contribution is 6.37. The summed E-state index contributed by atoms with van der Waals surface area (Å²) in [6.45, 7) is 0. The van der Waals surface area contributed by atoms with E-state index < -0.39 is 0 Å². The van der Waals surface area contributed by atoms with E-state index in [1.54, 1.807) is 0 Å². The largest absolute Gasteiger partial charge is 0.456 e. The number of hydrogen-bond acceptors (Lipinski definition) is 3. The molecule has 7 aromatic carbocycles. The lowest BCUT2D eigenvalue weighted by Crippen LogP contribution is -2.03. The normalized spacial score (nSPS) is 12.3. The molecular formula is C42H23N3O. The maximum Gasteiger partial charge on any atom is 0.235 e. The molecule has 0 unspecified atom stereocenters. The summed E-state index contributed by atoms with van der Waals surface area (Å²) < 4.78 is 8.68. The molecule has 4 heteroatoms. The Morgan fingerprint density at radius 3 is 2.02 bits per heavy atom. The van der Waals surface area contributed by atoms with Gasteiger partial charge >= 0.3 is 0 Å². The van der Waals surface area contributed by atoms with Crippen LogP contribution in [0.4, 0.5) is 0 Å². The van der Waals surface area contributed by atoms with Gasteiger partial charge in [0, 0.05) is 37.9 Å². The fourth-order valence-corrected chi connectivity index (χ4v) is 7.77. The first-order valence-corrected chi connectivity index (χ1v) is 15.6. The van der Waals surface area contributed by atoms with Gasteiger partial charge in [0.05, 0.1) is 22.2 Å². The second-order valence-corrected chi connectivity index (χ2v) is 12.1. The predicted octanol–water partition coefficient (Wildman–Crippen LogP) is 11.1. The summed E-state index contributed by atoms with van der Waals surface area (Å²) in [5.74, 6) is 0.663. The third kappa shape index (κ3) is 3.07. The molecule has 0 N–H and O–H groups in total. The predicted molar refractivity (Wildman–Crippen MR) is 189 cm³/mol. The number of hydrogen-bond donors (Lipinski definition) is 0. The zero-order valence-electron chi connectivity index (χ0n) is 24.5. The highest BCUT2D eigenvalue weighted by Crippen LogP contribution is 2.50. The van der Waals surface area contributed by atoms with Crippen LogP contribution in [0.25, 0.3) is 105 Å². The molecule has 10 aromatic rings. The van der Waals surface area contributed by atoms with Crippen LogP contribution in [-0.4, -0.2) is 14.5 Å². The molecule has 11 rings (SSSR count). The Morgan fingerprint density at radius 2 is 1.13 bits per heavy atom. The van der Waals surface area contributed by atoms with Crippen LogP contribution in [0, 0.1) is 0 Å². The first-order chi connectivity index (χ1) is 22.8. The Kier molecular flexibility index (Phi) is 4.55. The third-order valence-electron chi connectivity index (χ3n) is 9.74. The second-order valence-electron chi connectivity index (χ2n) is 12.1. The van der Waals surface area contributed by atoms with Gasteiger partial charge in [-0.25, -0.2) is 9.97 Å². The van der Waals surface area contributed by atoms with Gasteiger partial charge in [-0.05, 0) is 58.0 Å². The van der Waals surface area contributed by atoms with E-state index >= 15 is 0 Å². The van der Waals surface area contributed by atoms with Gasteiger partial charge in [-0.2, -0.15) is 0 Å². The highest BCUT2D eigenvalue weighted by atomic mass is 16.3. The van der Waals surface area contributed by atoms with Crippen molar-refractivity contribution in [2.45, 2.75) is 0 Å². The summed E-state index contributed by atoms with van der Waals surface area (Å²) in [5, 5.41) is 8.28. The third-order valence-corrected chi connectivity index (χ3v) is 9.74. The average molecular weight is 586 g/mol. The Morgan fingerprint density at radius 1 is 0.435 bits per heavy atom. The summed E-state index contributed by atoms with van der Waals surface area (Å²) >= 11 is 0. The van der Waals surface area contributed by atoms with Crippen molar-refractivity contribution in [1.29, 1.82) is 0 Å². The zero-order valence-corrected chi connectivity index (χ0v) is 24.5. The molecule has 4 nitrogen and oxygen atoms in total. The van der Waals surface area contributed by atoms with Gasteiger partial charge in [0.15, 0.2) is 0 Å². The number of aromatic nitrogens is 3. The molecule has 0 saturated carbocycles. The Hall–Kier alpha value is -6.26. The monoisotopic (exact) mass is 585 g/mol. The molecular weight excluding hydrogens is 562 g/mol. The molecule has 1 aliphatic rings. The fourth-order valence-electron chi connectivity index (χ4n) is 7.77. The molecule has 0 bridgehead atoms. The molecule has 0 saturated heterocycles. The number of benzene rings is 7. The standard InChI is InChI=1S/C42H23N3O/c1-2-8-24(9-3-1)25-16-18-27(19-17-25)41-30-10-4-5-13-31(30)43-42(44-41)45-32-14-6-11-28-29-12-7-15-34-38(29)40-35(46-34)23-21-26-20-22-33(45)39(36(26)40)37(28)32/h1-23H. The van der Waals surface area contributed by atoms with Gasteiger partial charge in [-0.1, -0.05) is 109 Å². The average Bonchev–Trinajstić information content (AvgIpc) is 3.63. The van der Waals surface area contributed by atoms with E-state index in [9.17, 15) is 0 Å². The molecule has 1 aliphatic carbocycles. The van der Waals surface area contributed by atoms with Crippen molar-refractivity contribution in [3.63, 3.8) is 0 Å². The van der Waals surface area contributed by atoms with Crippen molar-refractivity contribution in [1.82, 2.24) is 14.5 Å². The van der Waals surface area contributed by atoms with E-state index in [4.69, 9.17) is 14.4 Å². The fraction of sp³-hybridized carbons (Fsp3) is 0. The van der Waals surface area contributed by atoms with Gasteiger partial charge in [0.25, 0.3) is 0 Å². The Bertz CT molecular complexity index is 2900. The first-order valence-electron chi connectivity index (χ1n) is 15.6. The SMILES string of the molecule is c1ccc(-c2ccc(-c3nc(-n4c5cccc6c5c5c7c(ccc8oc9cccc-6c9c87)ccc54)nc4ccccc34)cc2)cc1. The minimum absolute atomic E-state index is 0.663. The molecule has 3 heterocycles. The van der Waals surface area contributed by atoms with Crippen LogP contribution in [0.15, 0.2) is 144 Å². The molecule has 212 valence electrons. The zero-order chi connectivity index (χ0) is 29.9. The van der Waals surface area contributed by atoms with Crippen molar-refractivity contribution < 1.29 is 4.42 Å². The lowest BCUT2D eigenvalue weighted by Gasteiger charge is -2.13. The van der Waals surface area contributed by atoms with E-state index in [0.717, 1.165) is 44.4 Å². The summed E-state index contributed by atoms with van der Waals surface area (Å²) in [4.78, 5) is 10.6. The number of nitrogens with zero attached hydrogens (tertiary/aromatic N) is 3. The van der Waals surface area contributed by atoms with E-state index in [0.29, 0.717) is 5.95 Å². The van der Waals surface area contributed by atoms with Gasteiger partial charge in [-0.15, -0.1) is 0 Å². The van der Waals surface area contributed by atoms with Crippen LogP contribution in [0.5, 0.6) is 0 Å². The molecule has 0 atom stereocenters. The van der Waals surface area contributed by atoms with Crippen molar-refractivity contribution in [3.05, 3.63) is 140 Å². The lowest BCUT2D eigenvalue weighted by molar-refractivity contribution is 0.669. The second kappa shape index (κ2) is 8.68. The summed E-state index contributed by atoms with van der Waals surface area (Å²) in [7, 11) is 0. The summed E-state index contributed by atoms with van der Waals surface area (Å²) in [6.07, 6.45) is 0. The number of rotatable bonds is 3. The molecule has 3 aromatic heterocycles. The van der Waals surface area contributed by atoms with Crippen LogP contribution in [0.2, 0.25) is 0 Å². The van der Waals surface area contributed by atoms with Gasteiger partial charge in [-0.3, -0.25) is 4.57 Å². The molecule has 0 aliphatic heterocycles. The Labute approximate surface area is 262 Å². The van der Waals surface area contributed by atoms with Crippen molar-refractivity contribution >= 4 is 65.4 Å². The summed E-state index contributed by atoms with van der Waals surface area (Å²) in [6, 6.07) is 49.3. The Balaban J connectivity index is 1.24. The number of fused-ring (bicyclic) bond motifs is 2. The smallest absolute Gasteiger partial charge is 0.235 e. The molecule has 0 fully saturated rings. The van der Waals surface area contributed by atoms with Crippen LogP contribution < -0.4 is 0 Å². The number of furan rings is 1. The van der Waals surface area contributed by atoms with Crippen molar-refractivity contribution in [2.24, 2.45) is 0 Å². The topological polar surface area (TPSA) is 43.9 Å². The molecule has 0 amide bonds. The van der Waals surface area contributed by atoms with Crippen LogP contribution >= 0.6 is 0 Å². The van der Waals surface area contributed by atoms with Crippen LogP contribution in [-0.2, 0) is 0 Å². The van der Waals surface area contributed by atoms with Gasteiger partial charge in [0.2, 0.25) is 5.95 Å². The van der Waals surface area contributed by atoms with Gasteiger partial charge in [0.1, 0.15) is 11.2 Å². The summed E-state index contributed by atoms with van der Waals surface area (Å²) in [5.41, 5.74) is 11.7. The van der Waals surface area contributed by atoms with E-state index in [-0.39, 0.29) is 0 Å².